The summed E-state index contributed by atoms with van der Waals surface area (Å²) in [5.41, 5.74) is 1.21. The summed E-state index contributed by atoms with van der Waals surface area (Å²) in [6.45, 7) is 6.31. The van der Waals surface area contributed by atoms with E-state index in [9.17, 15) is 14.0 Å². The van der Waals surface area contributed by atoms with Gasteiger partial charge in [-0.3, -0.25) is 0 Å². The third kappa shape index (κ3) is 3.30. The number of hydrogen-bond donors (Lipinski definition) is 0. The van der Waals surface area contributed by atoms with Gasteiger partial charge in [-0.05, 0) is 47.5 Å². The Bertz CT molecular complexity index is 418. The zero-order valence-electron chi connectivity index (χ0n) is 10.7. The van der Waals surface area contributed by atoms with Crippen LogP contribution in [0.1, 0.15) is 46.5 Å². The van der Waals surface area contributed by atoms with Crippen LogP contribution in [0, 0.1) is 15.7 Å². The highest BCUT2D eigenvalue weighted by Crippen LogP contribution is 2.57. The summed E-state index contributed by atoms with van der Waals surface area (Å²) in [6.07, 6.45) is 3.98. The third-order valence-corrected chi connectivity index (χ3v) is 7.99. The summed E-state index contributed by atoms with van der Waals surface area (Å²) in [5, 5.41) is 0. The van der Waals surface area contributed by atoms with Crippen molar-refractivity contribution in [1.82, 2.24) is 0 Å². The van der Waals surface area contributed by atoms with Crippen molar-refractivity contribution in [3.63, 3.8) is 0 Å². The van der Waals surface area contributed by atoms with Crippen LogP contribution in [0.3, 0.4) is 0 Å². The molecule has 1 unspecified atom stereocenters. The minimum Gasteiger partial charge on any atom is -0.182 e. The van der Waals surface area contributed by atoms with Gasteiger partial charge < -0.3 is 0 Å². The van der Waals surface area contributed by atoms with Crippen molar-refractivity contribution in [3.8, 4) is 0 Å². The van der Waals surface area contributed by atoms with Crippen molar-refractivity contribution < 1.29 is 28.0 Å². The molecule has 1 aliphatic heterocycles. The van der Waals surface area contributed by atoms with Crippen LogP contribution in [0.15, 0.2) is 10.5 Å². The van der Waals surface area contributed by atoms with Gasteiger partial charge in [-0.25, -0.2) is 0 Å². The maximum Gasteiger partial charge on any atom is 0.175 e. The number of fused-ring (bicyclic) bond motifs is 1. The molecule has 18 heavy (non-hydrogen) atoms. The fourth-order valence-electron chi connectivity index (χ4n) is 2.18. The van der Waals surface area contributed by atoms with Crippen molar-refractivity contribution in [2.75, 3.05) is 0 Å². The van der Waals surface area contributed by atoms with E-state index in [1.54, 1.807) is 0 Å². The Kier molecular flexibility index (Phi) is 4.19. The van der Waals surface area contributed by atoms with Crippen LogP contribution in [0.2, 0.25) is 0 Å². The lowest BCUT2D eigenvalue weighted by Crippen LogP contribution is -2.60. The largest absolute Gasteiger partial charge is 0.182 e. The van der Waals surface area contributed by atoms with Gasteiger partial charge in [0.25, 0.3) is 0 Å². The smallest absolute Gasteiger partial charge is 0.175 e. The first-order valence-corrected chi connectivity index (χ1v) is 9.53. The van der Waals surface area contributed by atoms with Gasteiger partial charge in [0, 0.05) is 9.77 Å². The summed E-state index contributed by atoms with van der Waals surface area (Å²) in [4.78, 5) is 2.21. The second-order valence-electron chi connectivity index (χ2n) is 5.45. The molecule has 1 atom stereocenters. The highest BCUT2D eigenvalue weighted by Gasteiger charge is 2.39. The highest BCUT2D eigenvalue weighted by molar-refractivity contribution is 8.83. The molecule has 0 saturated heterocycles. The first kappa shape index (κ1) is 14.8. The lowest BCUT2D eigenvalue weighted by atomic mass is 9.86. The van der Waals surface area contributed by atoms with Crippen molar-refractivity contribution in [2.24, 2.45) is 5.41 Å². The monoisotopic (exact) mass is 312 g/mol. The molecule has 7 heteroatoms. The van der Waals surface area contributed by atoms with Gasteiger partial charge in [-0.1, -0.05) is 20.8 Å². The molecule has 0 N–H and O–H groups in total. The zero-order valence-corrected chi connectivity index (χ0v) is 13.0. The minimum atomic E-state index is -4.35. The van der Waals surface area contributed by atoms with E-state index in [2.05, 4.69) is 20.8 Å². The normalized spacial score (nSPS) is 25.7. The molecule has 0 spiro atoms. The van der Waals surface area contributed by atoms with E-state index in [1.165, 1.54) is 21.3 Å². The maximum absolute atomic E-state index is 10.8. The van der Waals surface area contributed by atoms with E-state index in [-0.39, 0.29) is 5.41 Å². The van der Waals surface area contributed by atoms with Gasteiger partial charge in [0.2, 0.25) is 0 Å². The third-order valence-electron chi connectivity index (χ3n) is 2.87. The molecule has 4 nitrogen and oxygen atoms in total. The number of hydrogen-bond acceptors (Lipinski definition) is 5. The van der Waals surface area contributed by atoms with E-state index in [0.717, 1.165) is 30.5 Å². The predicted octanol–water partition coefficient (Wildman–Crippen LogP) is 0.793. The van der Waals surface area contributed by atoms with Crippen molar-refractivity contribution in [3.05, 3.63) is 10.5 Å². The van der Waals surface area contributed by atoms with Gasteiger partial charge >= 0.3 is 0 Å². The highest BCUT2D eigenvalue weighted by atomic mass is 35.7. The Morgan fingerprint density at radius 2 is 1.78 bits per heavy atom. The summed E-state index contributed by atoms with van der Waals surface area (Å²) < 4.78 is 37.0. The zero-order chi connectivity index (χ0) is 13.6. The maximum atomic E-state index is 10.8. The number of allylic oxidation sites excluding steroid dienone is 2. The molecule has 2 rings (SSSR count). The van der Waals surface area contributed by atoms with E-state index in [4.69, 9.17) is 3.74 Å². The molecular formula is C11H17ClO4S2. The van der Waals surface area contributed by atoms with Gasteiger partial charge in [-0.2, -0.15) is 14.0 Å². The van der Waals surface area contributed by atoms with E-state index in [1.807, 2.05) is 0 Å². The lowest BCUT2D eigenvalue weighted by Gasteiger charge is -2.23. The molecule has 104 valence electrons. The van der Waals surface area contributed by atoms with Crippen molar-refractivity contribution in [1.29, 1.82) is 0 Å². The molecule has 1 saturated carbocycles. The Hall–Kier alpha value is 0.440. The van der Waals surface area contributed by atoms with Crippen LogP contribution < -0.4 is 14.0 Å². The second kappa shape index (κ2) is 5.09. The molecule has 0 bridgehead atoms. The van der Waals surface area contributed by atoms with Crippen LogP contribution in [0.25, 0.3) is 0 Å². The Balaban J connectivity index is 2.31. The SMILES string of the molecule is CC(C)(C)C1=C2CCCCC2=S(O[Cl+3]([O-])([O-])[O-])S1. The molecule has 1 aliphatic carbocycles. The van der Waals surface area contributed by atoms with Gasteiger partial charge in [0.1, 0.15) is 3.74 Å². The minimum absolute atomic E-state index is 0.0305. The summed E-state index contributed by atoms with van der Waals surface area (Å²) in [5.74, 6) is 0. The molecule has 1 fully saturated rings. The summed E-state index contributed by atoms with van der Waals surface area (Å²) >= 11 is 0. The van der Waals surface area contributed by atoms with Gasteiger partial charge in [0.05, 0.1) is 10.2 Å². The fourth-order valence-corrected chi connectivity index (χ4v) is 7.91. The second-order valence-corrected chi connectivity index (χ2v) is 9.65. The number of halogens is 1. The van der Waals surface area contributed by atoms with Crippen LogP contribution in [-0.2, 0) is 3.74 Å². The molecule has 0 amide bonds. The van der Waals surface area contributed by atoms with Gasteiger partial charge in [0.15, 0.2) is 9.80 Å². The first-order chi connectivity index (χ1) is 8.18. The Morgan fingerprint density at radius 3 is 2.33 bits per heavy atom. The molecule has 0 aromatic rings. The molecular weight excluding hydrogens is 296 g/mol. The summed E-state index contributed by atoms with van der Waals surface area (Å²) in [7, 11) is -3.88. The van der Waals surface area contributed by atoms with Crippen molar-refractivity contribution in [2.45, 2.75) is 46.5 Å². The summed E-state index contributed by atoms with van der Waals surface area (Å²) in [6, 6.07) is 0. The predicted molar refractivity (Wildman–Crippen MR) is 66.2 cm³/mol. The van der Waals surface area contributed by atoms with E-state index in [0.29, 0.717) is 0 Å². The van der Waals surface area contributed by atoms with Crippen LogP contribution in [0.4, 0.5) is 0 Å². The molecule has 2 aliphatic rings. The average molecular weight is 313 g/mol. The van der Waals surface area contributed by atoms with Crippen LogP contribution in [-0.4, -0.2) is 4.86 Å². The molecule has 0 radical (unpaired) electrons. The standard InChI is InChI=1S/C11H17ClO4S2/c1-11(2,3)10-8-6-4-5-7-9(8)18(17-10)16-12(13,14)15/h4-7H2,1-3H3. The van der Waals surface area contributed by atoms with Crippen LogP contribution >= 0.6 is 20.6 Å². The average Bonchev–Trinajstić information content (AvgIpc) is 2.55. The quantitative estimate of drug-likeness (QED) is 0.556. The fraction of sp³-hybridized carbons (Fsp3) is 0.727. The molecule has 0 aromatic carbocycles. The van der Waals surface area contributed by atoms with E-state index >= 15 is 0 Å². The lowest BCUT2D eigenvalue weighted by molar-refractivity contribution is -1.91. The molecule has 0 aromatic heterocycles. The Labute approximate surface area is 116 Å². The molecule has 1 heterocycles. The van der Waals surface area contributed by atoms with Crippen molar-refractivity contribution >= 4 is 25.5 Å². The van der Waals surface area contributed by atoms with Crippen LogP contribution in [0.5, 0.6) is 0 Å². The van der Waals surface area contributed by atoms with Gasteiger partial charge in [-0.15, -0.1) is 0 Å². The topological polar surface area (TPSA) is 78.4 Å². The van der Waals surface area contributed by atoms with E-state index < -0.39 is 20.0 Å². The Morgan fingerprint density at radius 1 is 1.17 bits per heavy atom. The number of rotatable bonds is 2. The first-order valence-electron chi connectivity index (χ1n) is 5.82.